The summed E-state index contributed by atoms with van der Waals surface area (Å²) in [5.41, 5.74) is 7.97. The average Bonchev–Trinajstić information content (AvgIpc) is 2.96. The van der Waals surface area contributed by atoms with Crippen molar-refractivity contribution in [3.05, 3.63) is 35.2 Å². The molecular weight excluding hydrogens is 238 g/mol. The van der Waals surface area contributed by atoms with Crippen molar-refractivity contribution in [3.8, 4) is 0 Å². The smallest absolute Gasteiger partial charge is 0.0345 e. The predicted molar refractivity (Wildman–Crippen MR) is 80.0 cm³/mol. The van der Waals surface area contributed by atoms with Crippen LogP contribution in [0.25, 0.3) is 10.1 Å². The Labute approximate surface area is 113 Å². The Hall–Kier alpha value is -0.860. The minimum atomic E-state index is 0.364. The summed E-state index contributed by atoms with van der Waals surface area (Å²) in [5, 5.41) is 3.78. The average molecular weight is 259 g/mol. The Morgan fingerprint density at radius 3 is 2.94 bits per heavy atom. The number of rotatable bonds is 3. The van der Waals surface area contributed by atoms with E-state index in [0.717, 1.165) is 18.9 Å². The van der Waals surface area contributed by atoms with Crippen LogP contribution in [0.1, 0.15) is 31.7 Å². The van der Waals surface area contributed by atoms with Crippen molar-refractivity contribution in [2.45, 2.75) is 32.6 Å². The summed E-state index contributed by atoms with van der Waals surface area (Å²) in [5.74, 6) is 0.846. The molecule has 1 aromatic carbocycles. The van der Waals surface area contributed by atoms with Crippen molar-refractivity contribution in [3.63, 3.8) is 0 Å². The number of thiophene rings is 1. The third-order valence-corrected chi connectivity index (χ3v) is 5.52. The van der Waals surface area contributed by atoms with E-state index in [-0.39, 0.29) is 0 Å². The van der Waals surface area contributed by atoms with E-state index in [1.807, 2.05) is 11.3 Å². The zero-order valence-electron chi connectivity index (χ0n) is 11.0. The molecule has 3 rings (SSSR count). The van der Waals surface area contributed by atoms with Crippen LogP contribution >= 0.6 is 11.3 Å². The normalized spacial score (nSPS) is 28.0. The lowest BCUT2D eigenvalue weighted by atomic mass is 9.79. The summed E-state index contributed by atoms with van der Waals surface area (Å²) in [6, 6.07) is 8.74. The first kappa shape index (κ1) is 12.2. The maximum Gasteiger partial charge on any atom is 0.0345 e. The fraction of sp³-hybridized carbons (Fsp3) is 0.500. The molecule has 1 saturated carbocycles. The van der Waals surface area contributed by atoms with Crippen LogP contribution in [0.3, 0.4) is 0 Å². The van der Waals surface area contributed by atoms with Crippen LogP contribution in [0.4, 0.5) is 0 Å². The summed E-state index contributed by atoms with van der Waals surface area (Å²) in [6.07, 6.45) is 5.11. The summed E-state index contributed by atoms with van der Waals surface area (Å²) in [4.78, 5) is 0. The maximum atomic E-state index is 6.10. The molecule has 0 amide bonds. The van der Waals surface area contributed by atoms with Gasteiger partial charge in [-0.05, 0) is 59.5 Å². The SMILES string of the molecule is CC1CCC(CN)(Cc2csc3ccccc23)C1. The van der Waals surface area contributed by atoms with Gasteiger partial charge in [-0.2, -0.15) is 0 Å². The van der Waals surface area contributed by atoms with Gasteiger partial charge in [-0.25, -0.2) is 0 Å². The molecule has 1 heterocycles. The van der Waals surface area contributed by atoms with Gasteiger partial charge in [-0.15, -0.1) is 11.3 Å². The zero-order valence-corrected chi connectivity index (χ0v) is 11.8. The van der Waals surface area contributed by atoms with E-state index in [4.69, 9.17) is 5.73 Å². The van der Waals surface area contributed by atoms with Crippen molar-refractivity contribution < 1.29 is 0 Å². The molecule has 0 bridgehead atoms. The first-order chi connectivity index (χ1) is 8.72. The second-order valence-corrected chi connectivity index (χ2v) is 6.90. The molecule has 18 heavy (non-hydrogen) atoms. The van der Waals surface area contributed by atoms with Gasteiger partial charge < -0.3 is 5.73 Å². The first-order valence-corrected chi connectivity index (χ1v) is 7.76. The van der Waals surface area contributed by atoms with Crippen LogP contribution in [0.2, 0.25) is 0 Å². The number of hydrogen-bond acceptors (Lipinski definition) is 2. The molecular formula is C16H21NS. The van der Waals surface area contributed by atoms with Crippen molar-refractivity contribution in [1.29, 1.82) is 0 Å². The molecule has 2 atom stereocenters. The molecule has 2 heteroatoms. The van der Waals surface area contributed by atoms with Crippen molar-refractivity contribution in [2.75, 3.05) is 6.54 Å². The summed E-state index contributed by atoms with van der Waals surface area (Å²) < 4.78 is 1.41. The molecule has 0 spiro atoms. The van der Waals surface area contributed by atoms with Crippen LogP contribution in [0.15, 0.2) is 29.6 Å². The van der Waals surface area contributed by atoms with Crippen LogP contribution in [0.5, 0.6) is 0 Å². The highest BCUT2D eigenvalue weighted by Gasteiger charge is 2.36. The monoisotopic (exact) mass is 259 g/mol. The molecule has 1 nitrogen and oxygen atoms in total. The quantitative estimate of drug-likeness (QED) is 0.878. The third-order valence-electron chi connectivity index (χ3n) is 4.51. The molecule has 0 radical (unpaired) electrons. The molecule has 0 aliphatic heterocycles. The summed E-state index contributed by atoms with van der Waals surface area (Å²) in [6.45, 7) is 3.20. The van der Waals surface area contributed by atoms with Gasteiger partial charge >= 0.3 is 0 Å². The molecule has 2 N–H and O–H groups in total. The van der Waals surface area contributed by atoms with Crippen molar-refractivity contribution >= 4 is 21.4 Å². The van der Waals surface area contributed by atoms with Gasteiger partial charge in [0.15, 0.2) is 0 Å². The minimum absolute atomic E-state index is 0.364. The van der Waals surface area contributed by atoms with E-state index in [1.165, 1.54) is 34.9 Å². The highest BCUT2D eigenvalue weighted by atomic mass is 32.1. The Balaban J connectivity index is 1.91. The minimum Gasteiger partial charge on any atom is -0.330 e. The number of benzene rings is 1. The predicted octanol–water partition coefficient (Wildman–Crippen LogP) is 4.21. The lowest BCUT2D eigenvalue weighted by molar-refractivity contribution is 0.297. The topological polar surface area (TPSA) is 26.0 Å². The Bertz CT molecular complexity index is 545. The van der Waals surface area contributed by atoms with E-state index in [9.17, 15) is 0 Å². The van der Waals surface area contributed by atoms with Gasteiger partial charge in [-0.1, -0.05) is 31.5 Å². The van der Waals surface area contributed by atoms with Gasteiger partial charge in [0.1, 0.15) is 0 Å². The maximum absolute atomic E-state index is 6.10. The Morgan fingerprint density at radius 1 is 1.39 bits per heavy atom. The molecule has 1 aliphatic rings. The van der Waals surface area contributed by atoms with Crippen LogP contribution in [-0.4, -0.2) is 6.54 Å². The fourth-order valence-corrected chi connectivity index (χ4v) is 4.45. The second-order valence-electron chi connectivity index (χ2n) is 5.99. The number of hydrogen-bond donors (Lipinski definition) is 1. The van der Waals surface area contributed by atoms with Gasteiger partial charge in [0.05, 0.1) is 0 Å². The van der Waals surface area contributed by atoms with Gasteiger partial charge in [0.2, 0.25) is 0 Å². The van der Waals surface area contributed by atoms with Crippen LogP contribution < -0.4 is 5.73 Å². The molecule has 2 aromatic rings. The van der Waals surface area contributed by atoms with E-state index >= 15 is 0 Å². The molecule has 2 unspecified atom stereocenters. The molecule has 1 aromatic heterocycles. The Kier molecular flexibility index (Phi) is 3.16. The highest BCUT2D eigenvalue weighted by molar-refractivity contribution is 7.17. The van der Waals surface area contributed by atoms with E-state index in [2.05, 4.69) is 36.6 Å². The van der Waals surface area contributed by atoms with Crippen molar-refractivity contribution in [1.82, 2.24) is 0 Å². The Morgan fingerprint density at radius 2 is 2.22 bits per heavy atom. The first-order valence-electron chi connectivity index (χ1n) is 6.88. The van der Waals surface area contributed by atoms with Gasteiger partial charge in [0, 0.05) is 4.70 Å². The van der Waals surface area contributed by atoms with Gasteiger partial charge in [-0.3, -0.25) is 0 Å². The highest BCUT2D eigenvalue weighted by Crippen LogP contribution is 2.44. The van der Waals surface area contributed by atoms with Gasteiger partial charge in [0.25, 0.3) is 0 Å². The molecule has 0 saturated heterocycles. The van der Waals surface area contributed by atoms with E-state index < -0.39 is 0 Å². The third kappa shape index (κ3) is 2.08. The second kappa shape index (κ2) is 4.67. The molecule has 1 fully saturated rings. The fourth-order valence-electron chi connectivity index (χ4n) is 3.49. The molecule has 1 aliphatic carbocycles. The van der Waals surface area contributed by atoms with Crippen LogP contribution in [0, 0.1) is 11.3 Å². The largest absolute Gasteiger partial charge is 0.330 e. The lowest BCUT2D eigenvalue weighted by Gasteiger charge is -2.27. The van der Waals surface area contributed by atoms with E-state index in [0.29, 0.717) is 5.41 Å². The van der Waals surface area contributed by atoms with Crippen molar-refractivity contribution in [2.24, 2.45) is 17.1 Å². The summed E-state index contributed by atoms with van der Waals surface area (Å²) >= 11 is 1.87. The summed E-state index contributed by atoms with van der Waals surface area (Å²) in [7, 11) is 0. The number of fused-ring (bicyclic) bond motifs is 1. The standard InChI is InChI=1S/C16H21NS/c1-12-6-7-16(8-12,11-17)9-13-10-18-15-5-3-2-4-14(13)15/h2-5,10,12H,6-9,11,17H2,1H3. The number of nitrogens with two attached hydrogens (primary N) is 1. The zero-order chi connectivity index (χ0) is 12.6. The molecule has 96 valence electrons. The lowest BCUT2D eigenvalue weighted by Crippen LogP contribution is -2.30. The van der Waals surface area contributed by atoms with E-state index in [1.54, 1.807) is 0 Å². The van der Waals surface area contributed by atoms with Crippen LogP contribution in [-0.2, 0) is 6.42 Å².